The van der Waals surface area contributed by atoms with Gasteiger partial charge in [-0.2, -0.15) is 0 Å². The maximum absolute atomic E-state index is 13.0. The fraction of sp³-hybridized carbons (Fsp3) is 0.158. The highest BCUT2D eigenvalue weighted by atomic mass is 35.5. The van der Waals surface area contributed by atoms with Gasteiger partial charge < -0.3 is 0 Å². The molecule has 0 bridgehead atoms. The summed E-state index contributed by atoms with van der Waals surface area (Å²) in [7, 11) is 0. The van der Waals surface area contributed by atoms with Crippen LogP contribution in [0, 0.1) is 0 Å². The van der Waals surface area contributed by atoms with Gasteiger partial charge in [0.2, 0.25) is 0 Å². The second kappa shape index (κ2) is 5.91. The number of allylic oxidation sites excluding steroid dienone is 2. The van der Waals surface area contributed by atoms with Crippen molar-refractivity contribution in [2.45, 2.75) is 19.3 Å². The van der Waals surface area contributed by atoms with Crippen molar-refractivity contribution in [2.75, 3.05) is 0 Å². The summed E-state index contributed by atoms with van der Waals surface area (Å²) in [6.45, 7) is 0. The Labute approximate surface area is 143 Å². The Balaban J connectivity index is 1.83. The number of aromatic nitrogens is 1. The van der Waals surface area contributed by atoms with Gasteiger partial charge in [-0.1, -0.05) is 29.8 Å². The zero-order chi connectivity index (χ0) is 15.8. The summed E-state index contributed by atoms with van der Waals surface area (Å²) in [5, 5.41) is 1.49. The molecule has 0 radical (unpaired) electrons. The quantitative estimate of drug-likeness (QED) is 0.581. The molecule has 23 heavy (non-hydrogen) atoms. The maximum atomic E-state index is 13.0. The molecule has 114 valence electrons. The second-order valence-corrected chi connectivity index (χ2v) is 7.09. The third-order valence-corrected chi connectivity index (χ3v) is 5.38. The highest BCUT2D eigenvalue weighted by Gasteiger charge is 2.22. The van der Waals surface area contributed by atoms with Crippen LogP contribution >= 0.6 is 22.9 Å². The lowest BCUT2D eigenvalue weighted by Crippen LogP contribution is -2.09. The Morgan fingerprint density at radius 1 is 1.13 bits per heavy atom. The molecular formula is C19H14ClNOS. The Morgan fingerprint density at radius 2 is 2.00 bits per heavy atom. The standard InChI is InChI=1S/C19H14ClNOS/c20-13-9-10-14-12(11-13)5-1-2-6-15(18(14)22)19-21-16-7-3-4-8-17(16)23-19/h3-4,6-11H,1-2,5H2. The van der Waals surface area contributed by atoms with E-state index in [-0.39, 0.29) is 5.78 Å². The third-order valence-electron chi connectivity index (χ3n) is 4.08. The molecule has 1 aliphatic carbocycles. The molecule has 0 atom stereocenters. The summed E-state index contributed by atoms with van der Waals surface area (Å²) in [5.74, 6) is 0.0513. The van der Waals surface area contributed by atoms with Crippen molar-refractivity contribution < 1.29 is 4.79 Å². The minimum absolute atomic E-state index is 0.0513. The number of para-hydroxylation sites is 1. The molecule has 0 amide bonds. The minimum atomic E-state index is 0.0513. The van der Waals surface area contributed by atoms with E-state index in [0.717, 1.165) is 51.2 Å². The smallest absolute Gasteiger partial charge is 0.195 e. The number of fused-ring (bicyclic) bond motifs is 2. The van der Waals surface area contributed by atoms with Gasteiger partial charge in [0.25, 0.3) is 0 Å². The number of carbonyl (C=O) groups excluding carboxylic acids is 1. The van der Waals surface area contributed by atoms with Crippen LogP contribution in [0.2, 0.25) is 5.02 Å². The van der Waals surface area contributed by atoms with Crippen LogP contribution in [-0.4, -0.2) is 10.8 Å². The number of aryl methyl sites for hydroxylation is 1. The molecule has 1 heterocycles. The van der Waals surface area contributed by atoms with E-state index in [9.17, 15) is 4.79 Å². The number of rotatable bonds is 1. The predicted molar refractivity (Wildman–Crippen MR) is 96.3 cm³/mol. The monoisotopic (exact) mass is 339 g/mol. The number of hydrogen-bond donors (Lipinski definition) is 0. The zero-order valence-corrected chi connectivity index (χ0v) is 14.0. The molecule has 0 saturated carbocycles. The van der Waals surface area contributed by atoms with E-state index < -0.39 is 0 Å². The molecule has 2 nitrogen and oxygen atoms in total. The van der Waals surface area contributed by atoms with E-state index in [1.54, 1.807) is 17.4 Å². The van der Waals surface area contributed by atoms with Gasteiger partial charge in [-0.15, -0.1) is 11.3 Å². The molecule has 0 spiro atoms. The zero-order valence-electron chi connectivity index (χ0n) is 12.4. The number of hydrogen-bond acceptors (Lipinski definition) is 3. The number of halogens is 1. The first-order valence-electron chi connectivity index (χ1n) is 7.61. The first kappa shape index (κ1) is 14.6. The van der Waals surface area contributed by atoms with Crippen molar-refractivity contribution >= 4 is 44.5 Å². The number of carbonyl (C=O) groups is 1. The molecule has 0 saturated heterocycles. The SMILES string of the molecule is O=C1C(c2nc3ccccc3s2)=CCCCc2cc(Cl)ccc21. The van der Waals surface area contributed by atoms with Gasteiger partial charge in [0.15, 0.2) is 5.78 Å². The van der Waals surface area contributed by atoms with E-state index >= 15 is 0 Å². The average molecular weight is 340 g/mol. The lowest BCUT2D eigenvalue weighted by Gasteiger charge is -2.13. The maximum Gasteiger partial charge on any atom is 0.195 e. The summed E-state index contributed by atoms with van der Waals surface area (Å²) < 4.78 is 1.11. The van der Waals surface area contributed by atoms with Gasteiger partial charge >= 0.3 is 0 Å². The Hall–Kier alpha value is -1.97. The van der Waals surface area contributed by atoms with Crippen LogP contribution in [0.1, 0.15) is 33.8 Å². The van der Waals surface area contributed by atoms with Crippen LogP contribution in [0.4, 0.5) is 0 Å². The van der Waals surface area contributed by atoms with Gasteiger partial charge in [0.1, 0.15) is 5.01 Å². The fourth-order valence-corrected chi connectivity index (χ4v) is 4.14. The molecule has 4 heteroatoms. The molecule has 0 aliphatic heterocycles. The van der Waals surface area contributed by atoms with E-state index in [0.29, 0.717) is 5.02 Å². The van der Waals surface area contributed by atoms with Gasteiger partial charge in [-0.3, -0.25) is 4.79 Å². The Bertz CT molecular complexity index is 908. The number of Topliss-reactive ketones (excluding diaryl/α,β-unsaturated/α-hetero) is 1. The first-order chi connectivity index (χ1) is 11.2. The number of nitrogens with zero attached hydrogens (tertiary/aromatic N) is 1. The molecule has 4 rings (SSSR count). The van der Waals surface area contributed by atoms with Crippen molar-refractivity contribution in [3.8, 4) is 0 Å². The van der Waals surface area contributed by atoms with Gasteiger partial charge in [-0.05, 0) is 55.2 Å². The van der Waals surface area contributed by atoms with Crippen LogP contribution in [0.5, 0.6) is 0 Å². The normalized spacial score (nSPS) is 15.0. The van der Waals surface area contributed by atoms with E-state index in [4.69, 9.17) is 11.6 Å². The van der Waals surface area contributed by atoms with Crippen LogP contribution in [-0.2, 0) is 6.42 Å². The summed E-state index contributed by atoms with van der Waals surface area (Å²) in [5.41, 5.74) is 3.45. The molecule has 1 aliphatic rings. The number of ketones is 1. The van der Waals surface area contributed by atoms with Crippen molar-refractivity contribution in [2.24, 2.45) is 0 Å². The summed E-state index contributed by atoms with van der Waals surface area (Å²) in [6.07, 6.45) is 4.81. The Morgan fingerprint density at radius 3 is 2.87 bits per heavy atom. The van der Waals surface area contributed by atoms with Crippen molar-refractivity contribution in [1.82, 2.24) is 4.98 Å². The van der Waals surface area contributed by atoms with Gasteiger partial charge in [-0.25, -0.2) is 4.98 Å². The van der Waals surface area contributed by atoms with Crippen molar-refractivity contribution in [3.05, 3.63) is 69.7 Å². The number of benzene rings is 2. The summed E-state index contributed by atoms with van der Waals surface area (Å²) in [6, 6.07) is 13.5. The van der Waals surface area contributed by atoms with Crippen LogP contribution in [0.15, 0.2) is 48.5 Å². The topological polar surface area (TPSA) is 30.0 Å². The van der Waals surface area contributed by atoms with Crippen LogP contribution in [0.3, 0.4) is 0 Å². The highest BCUT2D eigenvalue weighted by Crippen LogP contribution is 2.32. The average Bonchev–Trinajstić information content (AvgIpc) is 2.96. The van der Waals surface area contributed by atoms with Gasteiger partial charge in [0.05, 0.1) is 15.8 Å². The first-order valence-corrected chi connectivity index (χ1v) is 8.81. The van der Waals surface area contributed by atoms with Crippen molar-refractivity contribution in [3.63, 3.8) is 0 Å². The largest absolute Gasteiger partial charge is 0.288 e. The molecule has 0 fully saturated rings. The Kier molecular flexibility index (Phi) is 3.76. The lowest BCUT2D eigenvalue weighted by molar-refractivity contribution is 0.105. The van der Waals surface area contributed by atoms with Crippen molar-refractivity contribution in [1.29, 1.82) is 0 Å². The molecular weight excluding hydrogens is 326 g/mol. The van der Waals surface area contributed by atoms with Crippen LogP contribution < -0.4 is 0 Å². The molecule has 0 N–H and O–H groups in total. The third kappa shape index (κ3) is 2.71. The fourth-order valence-electron chi connectivity index (χ4n) is 2.94. The molecule has 1 aromatic heterocycles. The second-order valence-electron chi connectivity index (χ2n) is 5.63. The number of thiazole rings is 1. The minimum Gasteiger partial charge on any atom is -0.288 e. The van der Waals surface area contributed by atoms with E-state index in [2.05, 4.69) is 4.98 Å². The van der Waals surface area contributed by atoms with E-state index in [1.807, 2.05) is 42.5 Å². The molecule has 0 unspecified atom stereocenters. The van der Waals surface area contributed by atoms with E-state index in [1.165, 1.54) is 0 Å². The molecule has 3 aromatic rings. The summed E-state index contributed by atoms with van der Waals surface area (Å²) >= 11 is 7.66. The lowest BCUT2D eigenvalue weighted by atomic mass is 9.92. The summed E-state index contributed by atoms with van der Waals surface area (Å²) in [4.78, 5) is 17.7. The molecule has 2 aromatic carbocycles. The highest BCUT2D eigenvalue weighted by molar-refractivity contribution is 7.19. The predicted octanol–water partition coefficient (Wildman–Crippen LogP) is 5.55. The van der Waals surface area contributed by atoms with Gasteiger partial charge in [0, 0.05) is 10.6 Å². The van der Waals surface area contributed by atoms with Crippen LogP contribution in [0.25, 0.3) is 15.8 Å².